The van der Waals surface area contributed by atoms with Gasteiger partial charge in [-0.15, -0.1) is 0 Å². The number of amides is 2. The van der Waals surface area contributed by atoms with Crippen molar-refractivity contribution in [3.63, 3.8) is 0 Å². The second kappa shape index (κ2) is 8.62. The molecule has 2 heterocycles. The van der Waals surface area contributed by atoms with Gasteiger partial charge in [0.2, 0.25) is 15.9 Å². The summed E-state index contributed by atoms with van der Waals surface area (Å²) in [6, 6.07) is 11.7. The second-order valence-electron chi connectivity index (χ2n) is 9.17. The number of carbonyl (C=O) groups is 2. The van der Waals surface area contributed by atoms with Gasteiger partial charge < -0.3 is 15.1 Å². The van der Waals surface area contributed by atoms with Crippen molar-refractivity contribution in [3.8, 4) is 0 Å². The molecule has 10 heteroatoms. The zero-order valence-corrected chi connectivity index (χ0v) is 20.4. The first kappa shape index (κ1) is 23.5. The van der Waals surface area contributed by atoms with E-state index in [1.807, 2.05) is 24.3 Å². The van der Waals surface area contributed by atoms with E-state index in [1.54, 1.807) is 13.8 Å². The van der Waals surface area contributed by atoms with Gasteiger partial charge in [-0.1, -0.05) is 11.6 Å². The van der Waals surface area contributed by atoms with E-state index in [-0.39, 0.29) is 22.0 Å². The molecule has 0 bridgehead atoms. The third kappa shape index (κ3) is 4.71. The van der Waals surface area contributed by atoms with Crippen LogP contribution in [0.3, 0.4) is 0 Å². The number of rotatable bonds is 4. The number of benzene rings is 2. The lowest BCUT2D eigenvalue weighted by atomic mass is 9.95. The van der Waals surface area contributed by atoms with E-state index in [2.05, 4.69) is 22.2 Å². The molecule has 1 N–H and O–H groups in total. The number of likely N-dealkylation sites (N-methyl/N-ethyl adjacent to an activating group) is 1. The number of sulfonamides is 1. The number of hydrogen-bond acceptors (Lipinski definition) is 6. The molecule has 2 aliphatic rings. The van der Waals surface area contributed by atoms with Gasteiger partial charge in [0.05, 0.1) is 27.4 Å². The summed E-state index contributed by atoms with van der Waals surface area (Å²) in [5, 5.41) is 2.96. The molecule has 0 spiro atoms. The first-order valence-corrected chi connectivity index (χ1v) is 12.7. The molecule has 2 aromatic carbocycles. The van der Waals surface area contributed by atoms with Crippen molar-refractivity contribution < 1.29 is 18.0 Å². The molecule has 2 amide bonds. The van der Waals surface area contributed by atoms with E-state index < -0.39 is 27.3 Å². The van der Waals surface area contributed by atoms with Gasteiger partial charge in [-0.05, 0) is 63.4 Å². The second-order valence-corrected chi connectivity index (χ2v) is 11.4. The van der Waals surface area contributed by atoms with Crippen molar-refractivity contribution in [3.05, 3.63) is 53.1 Å². The van der Waals surface area contributed by atoms with Crippen molar-refractivity contribution in [1.29, 1.82) is 0 Å². The van der Waals surface area contributed by atoms with Crippen LogP contribution < -0.4 is 14.5 Å². The fourth-order valence-electron chi connectivity index (χ4n) is 4.09. The Kier molecular flexibility index (Phi) is 6.15. The Labute approximate surface area is 199 Å². The molecule has 0 saturated carbocycles. The van der Waals surface area contributed by atoms with Gasteiger partial charge in [-0.2, -0.15) is 0 Å². The van der Waals surface area contributed by atoms with Crippen molar-refractivity contribution >= 4 is 50.5 Å². The summed E-state index contributed by atoms with van der Waals surface area (Å²) < 4.78 is 26.0. The maximum Gasteiger partial charge on any atom is 0.257 e. The van der Waals surface area contributed by atoms with E-state index in [1.165, 1.54) is 18.2 Å². The van der Waals surface area contributed by atoms with Crippen molar-refractivity contribution in [2.75, 3.05) is 53.5 Å². The molecule has 0 radical (unpaired) electrons. The van der Waals surface area contributed by atoms with Gasteiger partial charge in [0.25, 0.3) is 5.91 Å². The minimum Gasteiger partial charge on any atom is -0.369 e. The van der Waals surface area contributed by atoms with Gasteiger partial charge in [0, 0.05) is 37.6 Å². The highest BCUT2D eigenvalue weighted by Crippen LogP contribution is 2.37. The highest BCUT2D eigenvalue weighted by atomic mass is 35.5. The van der Waals surface area contributed by atoms with Crippen LogP contribution in [0.1, 0.15) is 24.2 Å². The number of nitrogens with zero attached hydrogens (tertiary/aromatic N) is 3. The van der Waals surface area contributed by atoms with Crippen LogP contribution in [-0.4, -0.2) is 64.1 Å². The summed E-state index contributed by atoms with van der Waals surface area (Å²) in [5.41, 5.74) is 0.828. The molecule has 2 saturated heterocycles. The minimum atomic E-state index is -3.83. The monoisotopic (exact) mass is 490 g/mol. The fraction of sp³-hybridized carbons (Fsp3) is 0.391. The summed E-state index contributed by atoms with van der Waals surface area (Å²) in [4.78, 5) is 30.2. The van der Waals surface area contributed by atoms with Crippen LogP contribution in [0.4, 0.5) is 17.1 Å². The standard InChI is InChI=1S/C23H27ClN4O4S/c1-23(2)15-33(31,32)28(22(23)30)18-8-9-20(24)19(14-18)21(29)25-16-4-6-17(7-5-16)27-12-10-26(3)11-13-27/h4-9,14H,10-13,15H2,1-3H3,(H,25,29). The Hall–Kier alpha value is -2.62. The number of halogens is 1. The Morgan fingerprint density at radius 2 is 1.61 bits per heavy atom. The minimum absolute atomic E-state index is 0.0880. The summed E-state index contributed by atoms with van der Waals surface area (Å²) in [5.74, 6) is -1.31. The third-order valence-corrected chi connectivity index (χ3v) is 8.36. The summed E-state index contributed by atoms with van der Waals surface area (Å²) >= 11 is 6.24. The predicted molar refractivity (Wildman–Crippen MR) is 131 cm³/mol. The highest BCUT2D eigenvalue weighted by molar-refractivity contribution is 7.94. The van der Waals surface area contributed by atoms with Gasteiger partial charge >= 0.3 is 0 Å². The normalized spacial score (nSPS) is 20.2. The van der Waals surface area contributed by atoms with Gasteiger partial charge in [-0.3, -0.25) is 9.59 Å². The van der Waals surface area contributed by atoms with Crippen LogP contribution >= 0.6 is 11.6 Å². The van der Waals surface area contributed by atoms with Crippen LogP contribution in [-0.2, 0) is 14.8 Å². The van der Waals surface area contributed by atoms with Crippen LogP contribution in [0.5, 0.6) is 0 Å². The maximum atomic E-state index is 12.9. The molecule has 8 nitrogen and oxygen atoms in total. The zero-order chi connectivity index (χ0) is 24.0. The molecule has 4 rings (SSSR count). The Balaban J connectivity index is 1.53. The molecular formula is C23H27ClN4O4S. The number of nitrogens with one attached hydrogen (secondary N) is 1. The molecule has 2 fully saturated rings. The molecule has 0 atom stereocenters. The van der Waals surface area contributed by atoms with Gasteiger partial charge in [0.1, 0.15) is 0 Å². The van der Waals surface area contributed by atoms with Crippen LogP contribution in [0.25, 0.3) is 0 Å². The van der Waals surface area contributed by atoms with E-state index in [0.717, 1.165) is 36.2 Å². The topological polar surface area (TPSA) is 90.0 Å². The van der Waals surface area contributed by atoms with Crippen molar-refractivity contribution in [1.82, 2.24) is 4.90 Å². The zero-order valence-electron chi connectivity index (χ0n) is 18.8. The summed E-state index contributed by atoms with van der Waals surface area (Å²) in [6.45, 7) is 7.06. The maximum absolute atomic E-state index is 12.9. The fourth-order valence-corrected chi connectivity index (χ4v) is 6.40. The number of anilines is 3. The molecule has 2 aliphatic heterocycles. The molecule has 0 unspecified atom stereocenters. The number of piperazine rings is 1. The third-order valence-electron chi connectivity index (χ3n) is 6.01. The van der Waals surface area contributed by atoms with E-state index in [4.69, 9.17) is 11.6 Å². The molecule has 2 aromatic rings. The molecule has 176 valence electrons. The largest absolute Gasteiger partial charge is 0.369 e. The lowest BCUT2D eigenvalue weighted by molar-refractivity contribution is -0.123. The first-order valence-electron chi connectivity index (χ1n) is 10.7. The summed E-state index contributed by atoms with van der Waals surface area (Å²) in [6.07, 6.45) is 0. The average Bonchev–Trinajstić information content (AvgIpc) is 2.92. The molecule has 0 aliphatic carbocycles. The highest BCUT2D eigenvalue weighted by Gasteiger charge is 2.50. The molecular weight excluding hydrogens is 464 g/mol. The lowest BCUT2D eigenvalue weighted by Gasteiger charge is -2.34. The van der Waals surface area contributed by atoms with Gasteiger partial charge in [-0.25, -0.2) is 12.7 Å². The Bertz CT molecular complexity index is 1190. The predicted octanol–water partition coefficient (Wildman–Crippen LogP) is 3.05. The van der Waals surface area contributed by atoms with Crippen LogP contribution in [0.2, 0.25) is 5.02 Å². The first-order chi connectivity index (χ1) is 15.5. The van der Waals surface area contributed by atoms with E-state index in [0.29, 0.717) is 5.69 Å². The lowest BCUT2D eigenvalue weighted by Crippen LogP contribution is -2.44. The van der Waals surface area contributed by atoms with Crippen molar-refractivity contribution in [2.45, 2.75) is 13.8 Å². The summed E-state index contributed by atoms with van der Waals surface area (Å²) in [7, 11) is -1.73. The number of carbonyl (C=O) groups excluding carboxylic acids is 2. The smallest absolute Gasteiger partial charge is 0.257 e. The Morgan fingerprint density at radius 3 is 2.18 bits per heavy atom. The van der Waals surface area contributed by atoms with Crippen LogP contribution in [0, 0.1) is 5.41 Å². The quantitative estimate of drug-likeness (QED) is 0.708. The number of hydrogen-bond donors (Lipinski definition) is 1. The van der Waals surface area contributed by atoms with E-state index >= 15 is 0 Å². The molecule has 33 heavy (non-hydrogen) atoms. The average molecular weight is 491 g/mol. The molecule has 0 aromatic heterocycles. The van der Waals surface area contributed by atoms with Crippen LogP contribution in [0.15, 0.2) is 42.5 Å². The Morgan fingerprint density at radius 1 is 1.00 bits per heavy atom. The SMILES string of the molecule is CN1CCN(c2ccc(NC(=O)c3cc(N4C(=O)C(C)(C)CS4(=O)=O)ccc3Cl)cc2)CC1. The van der Waals surface area contributed by atoms with E-state index in [9.17, 15) is 18.0 Å². The van der Waals surface area contributed by atoms with Gasteiger partial charge in [0.15, 0.2) is 0 Å². The van der Waals surface area contributed by atoms with Crippen molar-refractivity contribution in [2.24, 2.45) is 5.41 Å².